The summed E-state index contributed by atoms with van der Waals surface area (Å²) in [6.45, 7) is 2.36. The highest BCUT2D eigenvalue weighted by atomic mass is 16.4. The molecule has 1 aromatic carbocycles. The van der Waals surface area contributed by atoms with Gasteiger partial charge in [0.15, 0.2) is 5.58 Å². The molecule has 1 amide bonds. The molecule has 0 bridgehead atoms. The molecule has 7 heteroatoms. The zero-order valence-electron chi connectivity index (χ0n) is 12.9. The van der Waals surface area contributed by atoms with Crippen LogP contribution in [-0.4, -0.2) is 52.2 Å². The predicted molar refractivity (Wildman–Crippen MR) is 89.1 cm³/mol. The Morgan fingerprint density at radius 2 is 2.00 bits per heavy atom. The summed E-state index contributed by atoms with van der Waals surface area (Å²) in [7, 11) is 0. The van der Waals surface area contributed by atoms with Crippen molar-refractivity contribution < 1.29 is 14.3 Å². The maximum Gasteiger partial charge on any atom is 0.407 e. The minimum atomic E-state index is -0.859. The van der Waals surface area contributed by atoms with Gasteiger partial charge in [0.2, 0.25) is 5.89 Å². The average Bonchev–Trinajstić information content (AvgIpc) is 3.06. The molecule has 3 heterocycles. The second-order valence-electron chi connectivity index (χ2n) is 5.67. The fourth-order valence-electron chi connectivity index (χ4n) is 2.88. The van der Waals surface area contributed by atoms with E-state index in [1.807, 2.05) is 30.3 Å². The first kappa shape index (κ1) is 14.5. The van der Waals surface area contributed by atoms with Crippen molar-refractivity contribution in [3.05, 3.63) is 42.7 Å². The summed E-state index contributed by atoms with van der Waals surface area (Å²) in [5.41, 5.74) is 3.37. The molecule has 3 aromatic rings. The van der Waals surface area contributed by atoms with Crippen LogP contribution in [0.2, 0.25) is 0 Å². The van der Waals surface area contributed by atoms with Gasteiger partial charge in [-0.1, -0.05) is 0 Å². The number of oxazole rings is 1. The summed E-state index contributed by atoms with van der Waals surface area (Å²) in [5, 5.41) is 9.03. The summed E-state index contributed by atoms with van der Waals surface area (Å²) in [6.07, 6.45) is 2.57. The van der Waals surface area contributed by atoms with E-state index in [4.69, 9.17) is 9.52 Å². The van der Waals surface area contributed by atoms with Crippen LogP contribution in [0.3, 0.4) is 0 Å². The van der Waals surface area contributed by atoms with E-state index in [9.17, 15) is 4.79 Å². The Labute approximate surface area is 138 Å². The Hall–Kier alpha value is -3.09. The molecule has 24 heavy (non-hydrogen) atoms. The first-order chi connectivity index (χ1) is 11.7. The lowest BCUT2D eigenvalue weighted by Crippen LogP contribution is -2.48. The Morgan fingerprint density at radius 3 is 2.71 bits per heavy atom. The summed E-state index contributed by atoms with van der Waals surface area (Å²) in [6, 6.07) is 9.62. The molecule has 7 nitrogen and oxygen atoms in total. The minimum absolute atomic E-state index is 0.507. The zero-order valence-corrected chi connectivity index (χ0v) is 12.9. The topological polar surface area (TPSA) is 82.7 Å². The van der Waals surface area contributed by atoms with Crippen LogP contribution in [0.25, 0.3) is 22.6 Å². The number of amides is 1. The van der Waals surface area contributed by atoms with Crippen molar-refractivity contribution in [3.8, 4) is 11.5 Å². The number of anilines is 1. The van der Waals surface area contributed by atoms with E-state index >= 15 is 0 Å². The minimum Gasteiger partial charge on any atom is -0.465 e. The van der Waals surface area contributed by atoms with Gasteiger partial charge in [0, 0.05) is 44.3 Å². The Balaban J connectivity index is 1.59. The van der Waals surface area contributed by atoms with Gasteiger partial charge in [-0.25, -0.2) is 9.78 Å². The number of fused-ring (bicyclic) bond motifs is 1. The van der Waals surface area contributed by atoms with Gasteiger partial charge < -0.3 is 19.3 Å². The normalized spacial score (nSPS) is 15.0. The molecule has 1 aliphatic rings. The highest BCUT2D eigenvalue weighted by Gasteiger charge is 2.21. The van der Waals surface area contributed by atoms with Crippen LogP contribution >= 0.6 is 0 Å². The number of benzene rings is 1. The number of carboxylic acid groups (broad SMARTS) is 1. The van der Waals surface area contributed by atoms with Crippen LogP contribution in [-0.2, 0) is 0 Å². The second-order valence-corrected chi connectivity index (χ2v) is 5.67. The maximum atomic E-state index is 11.0. The first-order valence-corrected chi connectivity index (χ1v) is 7.74. The molecular formula is C17H16N4O3. The SMILES string of the molecule is O=C(O)N1CCN(c2ccc3oc(-c4cccnc4)nc3c2)CC1. The molecular weight excluding hydrogens is 308 g/mol. The number of hydrogen-bond acceptors (Lipinski definition) is 5. The van der Waals surface area contributed by atoms with E-state index in [-0.39, 0.29) is 0 Å². The number of pyridine rings is 1. The molecule has 0 saturated carbocycles. The van der Waals surface area contributed by atoms with Crippen LogP contribution in [0, 0.1) is 0 Å². The van der Waals surface area contributed by atoms with Crippen molar-refractivity contribution in [2.45, 2.75) is 0 Å². The van der Waals surface area contributed by atoms with Gasteiger partial charge in [-0.3, -0.25) is 4.98 Å². The number of rotatable bonds is 2. The molecule has 1 aliphatic heterocycles. The first-order valence-electron chi connectivity index (χ1n) is 7.74. The van der Waals surface area contributed by atoms with Crippen molar-refractivity contribution in [1.82, 2.24) is 14.9 Å². The summed E-state index contributed by atoms with van der Waals surface area (Å²) >= 11 is 0. The highest BCUT2D eigenvalue weighted by molar-refractivity contribution is 5.80. The second kappa shape index (κ2) is 5.84. The van der Waals surface area contributed by atoms with E-state index < -0.39 is 6.09 Å². The van der Waals surface area contributed by atoms with E-state index in [1.54, 1.807) is 12.4 Å². The molecule has 0 atom stereocenters. The summed E-state index contributed by atoms with van der Waals surface area (Å²) in [5.74, 6) is 0.547. The lowest BCUT2D eigenvalue weighted by Gasteiger charge is -2.34. The fourth-order valence-corrected chi connectivity index (χ4v) is 2.88. The molecule has 0 radical (unpaired) electrons. The van der Waals surface area contributed by atoms with Crippen molar-refractivity contribution in [2.75, 3.05) is 31.1 Å². The van der Waals surface area contributed by atoms with E-state index in [2.05, 4.69) is 14.9 Å². The van der Waals surface area contributed by atoms with Gasteiger partial charge >= 0.3 is 6.09 Å². The molecule has 4 rings (SSSR count). The summed E-state index contributed by atoms with van der Waals surface area (Å²) < 4.78 is 5.79. The fraction of sp³-hybridized carbons (Fsp3) is 0.235. The highest BCUT2D eigenvalue weighted by Crippen LogP contribution is 2.27. The zero-order chi connectivity index (χ0) is 16.5. The Bertz CT molecular complexity index is 870. The van der Waals surface area contributed by atoms with Crippen LogP contribution in [0.5, 0.6) is 0 Å². The van der Waals surface area contributed by atoms with Crippen molar-refractivity contribution in [3.63, 3.8) is 0 Å². The number of carbonyl (C=O) groups is 1. The maximum absolute atomic E-state index is 11.0. The lowest BCUT2D eigenvalue weighted by atomic mass is 10.2. The van der Waals surface area contributed by atoms with E-state index in [0.717, 1.165) is 22.4 Å². The number of hydrogen-bond donors (Lipinski definition) is 1. The number of nitrogens with zero attached hydrogens (tertiary/aromatic N) is 4. The van der Waals surface area contributed by atoms with Crippen LogP contribution in [0.4, 0.5) is 10.5 Å². The quantitative estimate of drug-likeness (QED) is 0.780. The van der Waals surface area contributed by atoms with E-state index in [1.165, 1.54) is 4.90 Å². The molecule has 0 aliphatic carbocycles. The lowest BCUT2D eigenvalue weighted by molar-refractivity contribution is 0.142. The molecule has 1 N–H and O–H groups in total. The molecule has 1 fully saturated rings. The smallest absolute Gasteiger partial charge is 0.407 e. The van der Waals surface area contributed by atoms with Crippen LogP contribution in [0.15, 0.2) is 47.1 Å². The third kappa shape index (κ3) is 2.64. The molecule has 2 aromatic heterocycles. The average molecular weight is 324 g/mol. The predicted octanol–water partition coefficient (Wildman–Crippen LogP) is 2.69. The third-order valence-corrected chi connectivity index (χ3v) is 4.19. The Kier molecular flexibility index (Phi) is 3.53. The molecule has 1 saturated heterocycles. The van der Waals surface area contributed by atoms with Gasteiger partial charge in [0.25, 0.3) is 0 Å². The van der Waals surface area contributed by atoms with E-state index in [0.29, 0.717) is 32.1 Å². The van der Waals surface area contributed by atoms with Crippen molar-refractivity contribution in [2.24, 2.45) is 0 Å². The van der Waals surface area contributed by atoms with Crippen molar-refractivity contribution in [1.29, 1.82) is 0 Å². The molecule has 0 spiro atoms. The van der Waals surface area contributed by atoms with Gasteiger partial charge in [-0.05, 0) is 30.3 Å². The molecule has 122 valence electrons. The monoisotopic (exact) mass is 324 g/mol. The Morgan fingerprint density at radius 1 is 1.17 bits per heavy atom. The summed E-state index contributed by atoms with van der Waals surface area (Å²) in [4.78, 5) is 23.2. The standard InChI is InChI=1S/C17H16N4O3/c22-17(23)21-8-6-20(7-9-21)13-3-4-15-14(10-13)19-16(24-15)12-2-1-5-18-11-12/h1-5,10-11H,6-9H2,(H,22,23). The van der Waals surface area contributed by atoms with Crippen LogP contribution in [0.1, 0.15) is 0 Å². The van der Waals surface area contributed by atoms with Crippen molar-refractivity contribution >= 4 is 22.9 Å². The van der Waals surface area contributed by atoms with Gasteiger partial charge in [-0.15, -0.1) is 0 Å². The number of piperazine rings is 1. The molecule has 0 unspecified atom stereocenters. The largest absolute Gasteiger partial charge is 0.465 e. The van der Waals surface area contributed by atoms with Gasteiger partial charge in [-0.2, -0.15) is 0 Å². The van der Waals surface area contributed by atoms with Gasteiger partial charge in [0.1, 0.15) is 5.52 Å². The number of aromatic nitrogens is 2. The third-order valence-electron chi connectivity index (χ3n) is 4.19. The van der Waals surface area contributed by atoms with Crippen LogP contribution < -0.4 is 4.90 Å². The van der Waals surface area contributed by atoms with Gasteiger partial charge in [0.05, 0.1) is 5.56 Å².